The molecule has 1 amide bonds. The van der Waals surface area contributed by atoms with Gasteiger partial charge in [0.1, 0.15) is 5.69 Å². The lowest BCUT2D eigenvalue weighted by molar-refractivity contribution is 0.0777. The molecule has 0 saturated heterocycles. The molecule has 2 aromatic carbocycles. The van der Waals surface area contributed by atoms with Crippen LogP contribution < -0.4 is 10.3 Å². The van der Waals surface area contributed by atoms with Gasteiger partial charge in [0.25, 0.3) is 11.5 Å². The Morgan fingerprint density at radius 2 is 2.03 bits per heavy atom. The first-order valence-electron chi connectivity index (χ1n) is 9.92. The second-order valence-corrected chi connectivity index (χ2v) is 7.37. The van der Waals surface area contributed by atoms with Crippen molar-refractivity contribution in [1.82, 2.24) is 15.1 Å². The van der Waals surface area contributed by atoms with Crippen molar-refractivity contribution in [3.63, 3.8) is 0 Å². The van der Waals surface area contributed by atoms with E-state index in [1.54, 1.807) is 13.1 Å². The zero-order chi connectivity index (χ0) is 22.7. The number of benzene rings is 2. The summed E-state index contributed by atoms with van der Waals surface area (Å²) in [5.74, 6) is -0.796. The van der Waals surface area contributed by atoms with Gasteiger partial charge in [-0.05, 0) is 29.3 Å². The van der Waals surface area contributed by atoms with E-state index in [9.17, 15) is 14.0 Å². The molecule has 1 atom stereocenters. The van der Waals surface area contributed by atoms with Gasteiger partial charge in [-0.15, -0.1) is 0 Å². The molecular formula is C23H21FN4O4. The summed E-state index contributed by atoms with van der Waals surface area (Å²) in [6.07, 6.45) is 0.102. The smallest absolute Gasteiger partial charge is 0.274 e. The molecule has 8 nitrogen and oxygen atoms in total. The van der Waals surface area contributed by atoms with Crippen LogP contribution in [-0.4, -0.2) is 40.9 Å². The molecule has 0 aliphatic carbocycles. The molecule has 4 rings (SSSR count). The lowest BCUT2D eigenvalue weighted by Gasteiger charge is -2.17. The van der Waals surface area contributed by atoms with Gasteiger partial charge in [-0.1, -0.05) is 41.6 Å². The number of H-pyrrole nitrogens is 1. The standard InChI is InChI=1S/C23H21FN4O4/c1-28(13-14-8-9-17(24)21(10-14)31-2)23(30)19-11-16(22(29)26-25-19)18-12-20(32-27-18)15-6-4-3-5-7-15/h3-11,20H,12-13H2,1-2H3,(H,26,29). The predicted molar refractivity (Wildman–Crippen MR) is 115 cm³/mol. The molecule has 1 aromatic heterocycles. The molecule has 0 radical (unpaired) electrons. The third kappa shape index (κ3) is 4.36. The fourth-order valence-corrected chi connectivity index (χ4v) is 3.46. The third-order valence-corrected chi connectivity index (χ3v) is 5.16. The van der Waals surface area contributed by atoms with E-state index in [0.29, 0.717) is 17.7 Å². The number of hydrogen-bond acceptors (Lipinski definition) is 6. The molecular weight excluding hydrogens is 415 g/mol. The van der Waals surface area contributed by atoms with Crippen molar-refractivity contribution in [3.8, 4) is 5.75 Å². The number of aromatic nitrogens is 2. The van der Waals surface area contributed by atoms with Crippen LogP contribution in [0.4, 0.5) is 4.39 Å². The van der Waals surface area contributed by atoms with Crippen molar-refractivity contribution < 1.29 is 18.8 Å². The van der Waals surface area contributed by atoms with Gasteiger partial charge in [0.2, 0.25) is 0 Å². The number of halogens is 1. The molecule has 164 valence electrons. The predicted octanol–water partition coefficient (Wildman–Crippen LogP) is 3.06. The topological polar surface area (TPSA) is 96.9 Å². The first kappa shape index (κ1) is 21.2. The Balaban J connectivity index is 1.51. The summed E-state index contributed by atoms with van der Waals surface area (Å²) in [6, 6.07) is 15.4. The summed E-state index contributed by atoms with van der Waals surface area (Å²) in [4.78, 5) is 32.2. The van der Waals surface area contributed by atoms with Gasteiger partial charge in [0, 0.05) is 20.0 Å². The highest BCUT2D eigenvalue weighted by Crippen LogP contribution is 2.28. The summed E-state index contributed by atoms with van der Waals surface area (Å²) >= 11 is 0. The van der Waals surface area contributed by atoms with Crippen LogP contribution >= 0.6 is 0 Å². The number of aromatic amines is 1. The van der Waals surface area contributed by atoms with E-state index in [2.05, 4.69) is 15.4 Å². The first-order chi connectivity index (χ1) is 15.5. The molecule has 0 fully saturated rings. The van der Waals surface area contributed by atoms with Crippen molar-refractivity contribution in [2.24, 2.45) is 5.16 Å². The zero-order valence-corrected chi connectivity index (χ0v) is 17.5. The molecule has 3 aromatic rings. The maximum atomic E-state index is 13.6. The number of oxime groups is 1. The fraction of sp³-hybridized carbons (Fsp3) is 0.217. The summed E-state index contributed by atoms with van der Waals surface area (Å²) in [5.41, 5.74) is 1.91. The van der Waals surface area contributed by atoms with E-state index in [-0.39, 0.29) is 29.7 Å². The number of nitrogens with zero attached hydrogens (tertiary/aromatic N) is 3. The molecule has 9 heteroatoms. The van der Waals surface area contributed by atoms with Crippen LogP contribution in [0.1, 0.15) is 39.7 Å². The zero-order valence-electron chi connectivity index (χ0n) is 17.5. The summed E-state index contributed by atoms with van der Waals surface area (Å²) in [5, 5.41) is 10.3. The average Bonchev–Trinajstić information content (AvgIpc) is 3.31. The third-order valence-electron chi connectivity index (χ3n) is 5.16. The molecule has 0 saturated carbocycles. The number of carbonyl (C=O) groups is 1. The number of hydrogen-bond donors (Lipinski definition) is 1. The van der Waals surface area contributed by atoms with Gasteiger partial charge in [-0.2, -0.15) is 5.10 Å². The van der Waals surface area contributed by atoms with E-state index in [0.717, 1.165) is 5.56 Å². The molecule has 0 bridgehead atoms. The number of ether oxygens (including phenoxy) is 1. The van der Waals surface area contributed by atoms with Crippen molar-refractivity contribution in [1.29, 1.82) is 0 Å². The van der Waals surface area contributed by atoms with Gasteiger partial charge < -0.3 is 14.5 Å². The van der Waals surface area contributed by atoms with Crippen LogP contribution in [-0.2, 0) is 11.4 Å². The largest absolute Gasteiger partial charge is 0.494 e. The van der Waals surface area contributed by atoms with Crippen LogP contribution in [0, 0.1) is 5.82 Å². The highest BCUT2D eigenvalue weighted by Gasteiger charge is 2.27. The van der Waals surface area contributed by atoms with Crippen molar-refractivity contribution in [2.75, 3.05) is 14.2 Å². The maximum Gasteiger partial charge on any atom is 0.274 e. The number of rotatable bonds is 6. The second kappa shape index (κ2) is 9.01. The average molecular weight is 436 g/mol. The lowest BCUT2D eigenvalue weighted by atomic mass is 10.0. The molecule has 2 heterocycles. The molecule has 1 aliphatic rings. The van der Waals surface area contributed by atoms with E-state index in [4.69, 9.17) is 9.57 Å². The van der Waals surface area contributed by atoms with Crippen molar-refractivity contribution in [3.05, 3.63) is 93.2 Å². The number of nitrogens with one attached hydrogen (secondary N) is 1. The minimum Gasteiger partial charge on any atom is -0.494 e. The monoisotopic (exact) mass is 436 g/mol. The highest BCUT2D eigenvalue weighted by atomic mass is 19.1. The molecule has 1 N–H and O–H groups in total. The Morgan fingerprint density at radius 1 is 1.25 bits per heavy atom. The van der Waals surface area contributed by atoms with Crippen LogP contribution in [0.15, 0.2) is 64.5 Å². The van der Waals surface area contributed by atoms with Crippen molar-refractivity contribution >= 4 is 11.6 Å². The SMILES string of the molecule is COc1cc(CN(C)C(=O)c2cc(C3=NOC(c4ccccc4)C3)c(=O)[nH]n2)ccc1F. The van der Waals surface area contributed by atoms with Crippen molar-refractivity contribution in [2.45, 2.75) is 19.1 Å². The minimum atomic E-state index is -0.481. The second-order valence-electron chi connectivity index (χ2n) is 7.37. The number of carbonyl (C=O) groups excluding carboxylic acids is 1. The van der Waals surface area contributed by atoms with Gasteiger partial charge in [0.05, 0.1) is 18.4 Å². The minimum absolute atomic E-state index is 0.0574. The first-order valence-corrected chi connectivity index (χ1v) is 9.92. The van der Waals surface area contributed by atoms with E-state index >= 15 is 0 Å². The Labute approximate surface area is 183 Å². The summed E-state index contributed by atoms with van der Waals surface area (Å²) < 4.78 is 18.6. The van der Waals surface area contributed by atoms with Crippen LogP contribution in [0.5, 0.6) is 5.75 Å². The van der Waals surface area contributed by atoms with Gasteiger partial charge in [-0.3, -0.25) is 9.59 Å². The molecule has 32 heavy (non-hydrogen) atoms. The lowest BCUT2D eigenvalue weighted by Crippen LogP contribution is -2.29. The number of amides is 1. The summed E-state index contributed by atoms with van der Waals surface area (Å²) in [7, 11) is 2.97. The Bertz CT molecular complexity index is 1230. The highest BCUT2D eigenvalue weighted by molar-refractivity contribution is 6.03. The normalized spacial score (nSPS) is 15.1. The van der Waals surface area contributed by atoms with E-state index in [1.165, 1.54) is 30.2 Å². The molecule has 1 aliphatic heterocycles. The van der Waals surface area contributed by atoms with Crippen LogP contribution in [0.3, 0.4) is 0 Å². The maximum absolute atomic E-state index is 13.6. The van der Waals surface area contributed by atoms with Crippen LogP contribution in [0.25, 0.3) is 0 Å². The Hall–Kier alpha value is -4.01. The van der Waals surface area contributed by atoms with Gasteiger partial charge >= 0.3 is 0 Å². The van der Waals surface area contributed by atoms with E-state index in [1.807, 2.05) is 30.3 Å². The Kier molecular flexibility index (Phi) is 5.98. The molecule has 1 unspecified atom stereocenters. The quantitative estimate of drug-likeness (QED) is 0.641. The number of methoxy groups -OCH3 is 1. The van der Waals surface area contributed by atoms with E-state index < -0.39 is 17.3 Å². The fourth-order valence-electron chi connectivity index (χ4n) is 3.46. The molecule has 0 spiro atoms. The van der Waals surface area contributed by atoms with Gasteiger partial charge in [0.15, 0.2) is 17.7 Å². The van der Waals surface area contributed by atoms with Crippen LogP contribution in [0.2, 0.25) is 0 Å². The summed E-state index contributed by atoms with van der Waals surface area (Å²) in [6.45, 7) is 0.200. The Morgan fingerprint density at radius 3 is 2.78 bits per heavy atom. The van der Waals surface area contributed by atoms with Gasteiger partial charge in [-0.25, -0.2) is 9.49 Å².